The molecule has 0 N–H and O–H groups in total. The second-order valence-corrected chi connectivity index (χ2v) is 9.09. The highest BCUT2D eigenvalue weighted by atomic mass is 79.9. The van der Waals surface area contributed by atoms with Gasteiger partial charge in [0.1, 0.15) is 26.3 Å². The average Bonchev–Trinajstić information content (AvgIpc) is 2.84. The zero-order valence-electron chi connectivity index (χ0n) is 12.7. The van der Waals surface area contributed by atoms with E-state index in [2.05, 4.69) is 21.0 Å². The molecule has 1 aliphatic rings. The standard InChI is InChI=1S/C15H7BrCl4F3N3/c1-13(5-14(13,19)20)11-7(4-24)12(16)26(25-11)10-8(17)2-6(3-9(10)18)15(21,22)23/h2-3H,5H2,1H3. The monoisotopic (exact) mass is 505 g/mol. The molecule has 0 bridgehead atoms. The first-order valence-electron chi connectivity index (χ1n) is 6.97. The highest BCUT2D eigenvalue weighted by Crippen LogP contribution is 2.65. The van der Waals surface area contributed by atoms with Gasteiger partial charge in [0.2, 0.25) is 0 Å². The van der Waals surface area contributed by atoms with Crippen LogP contribution in [0.3, 0.4) is 0 Å². The third-order valence-electron chi connectivity index (χ3n) is 4.28. The molecule has 1 atom stereocenters. The molecule has 0 saturated heterocycles. The van der Waals surface area contributed by atoms with Crippen LogP contribution in [-0.4, -0.2) is 14.1 Å². The number of alkyl halides is 5. The Hall–Kier alpha value is -0.650. The molecule has 26 heavy (non-hydrogen) atoms. The zero-order valence-corrected chi connectivity index (χ0v) is 17.3. The molecule has 0 amide bonds. The van der Waals surface area contributed by atoms with Crippen molar-refractivity contribution in [3.8, 4) is 11.8 Å². The minimum atomic E-state index is -4.60. The van der Waals surface area contributed by atoms with Crippen LogP contribution in [0.25, 0.3) is 5.69 Å². The topological polar surface area (TPSA) is 41.6 Å². The summed E-state index contributed by atoms with van der Waals surface area (Å²) in [6, 6.07) is 3.49. The fraction of sp³-hybridized carbons (Fsp3) is 0.333. The number of hydrogen-bond donors (Lipinski definition) is 0. The van der Waals surface area contributed by atoms with Crippen LogP contribution in [0.2, 0.25) is 10.0 Å². The van der Waals surface area contributed by atoms with Crippen LogP contribution in [-0.2, 0) is 11.6 Å². The van der Waals surface area contributed by atoms with Crippen LogP contribution in [0.15, 0.2) is 16.7 Å². The molecule has 1 saturated carbocycles. The molecule has 3 nitrogen and oxygen atoms in total. The average molecular weight is 508 g/mol. The van der Waals surface area contributed by atoms with Crippen LogP contribution < -0.4 is 0 Å². The molecule has 0 aliphatic heterocycles. The van der Waals surface area contributed by atoms with Gasteiger partial charge in [-0.3, -0.25) is 0 Å². The fourth-order valence-corrected chi connectivity index (χ4v) is 4.51. The molecule has 1 aromatic heterocycles. The predicted molar refractivity (Wildman–Crippen MR) is 97.4 cm³/mol. The fourth-order valence-electron chi connectivity index (χ4n) is 2.62. The van der Waals surface area contributed by atoms with Crippen molar-refractivity contribution in [1.82, 2.24) is 9.78 Å². The van der Waals surface area contributed by atoms with Crippen LogP contribution in [0.5, 0.6) is 0 Å². The lowest BCUT2D eigenvalue weighted by molar-refractivity contribution is -0.137. The third-order valence-corrected chi connectivity index (χ3v) is 6.69. The highest BCUT2D eigenvalue weighted by molar-refractivity contribution is 9.10. The third kappa shape index (κ3) is 3.00. The van der Waals surface area contributed by atoms with Gasteiger partial charge in [0.05, 0.1) is 21.3 Å². The van der Waals surface area contributed by atoms with Gasteiger partial charge >= 0.3 is 6.18 Å². The number of hydrogen-bond acceptors (Lipinski definition) is 2. The van der Waals surface area contributed by atoms with E-state index in [4.69, 9.17) is 46.4 Å². The Morgan fingerprint density at radius 3 is 2.15 bits per heavy atom. The zero-order chi connectivity index (χ0) is 19.7. The number of aromatic nitrogens is 2. The molecule has 3 rings (SSSR count). The van der Waals surface area contributed by atoms with Crippen molar-refractivity contribution in [2.75, 3.05) is 0 Å². The highest BCUT2D eigenvalue weighted by Gasteiger charge is 2.66. The lowest BCUT2D eigenvalue weighted by Gasteiger charge is -2.13. The van der Waals surface area contributed by atoms with E-state index < -0.39 is 21.5 Å². The lowest BCUT2D eigenvalue weighted by atomic mass is 10.0. The maximum atomic E-state index is 12.9. The predicted octanol–water partition coefficient (Wildman–Crippen LogP) is 6.67. The van der Waals surface area contributed by atoms with E-state index in [0.717, 1.165) is 12.1 Å². The number of benzene rings is 1. The molecule has 11 heteroatoms. The SMILES string of the molecule is CC1(c2nn(-c3c(Cl)cc(C(F)(F)F)cc3Cl)c(Br)c2C#N)CC1(Cl)Cl. The van der Waals surface area contributed by atoms with E-state index in [1.807, 2.05) is 6.07 Å². The van der Waals surface area contributed by atoms with Gasteiger partial charge in [0.25, 0.3) is 0 Å². The molecule has 1 heterocycles. The first-order valence-corrected chi connectivity index (χ1v) is 9.27. The number of nitrogens with zero attached hydrogens (tertiary/aromatic N) is 3. The number of nitriles is 1. The number of rotatable bonds is 2. The molecular weight excluding hydrogens is 501 g/mol. The molecule has 0 spiro atoms. The largest absolute Gasteiger partial charge is 0.416 e. The maximum absolute atomic E-state index is 12.9. The van der Waals surface area contributed by atoms with Crippen molar-refractivity contribution in [2.45, 2.75) is 29.3 Å². The first kappa shape index (κ1) is 20.1. The smallest absolute Gasteiger partial charge is 0.222 e. The molecule has 1 unspecified atom stereocenters. The Bertz CT molecular complexity index is 941. The van der Waals surface area contributed by atoms with Gasteiger partial charge in [0, 0.05) is 5.41 Å². The maximum Gasteiger partial charge on any atom is 0.416 e. The van der Waals surface area contributed by atoms with Crippen molar-refractivity contribution in [3.05, 3.63) is 43.6 Å². The first-order chi connectivity index (χ1) is 11.8. The van der Waals surface area contributed by atoms with E-state index in [-0.39, 0.29) is 25.9 Å². The molecule has 1 aromatic carbocycles. The van der Waals surface area contributed by atoms with E-state index in [0.29, 0.717) is 12.1 Å². The molecular formula is C15H7BrCl4F3N3. The van der Waals surface area contributed by atoms with Crippen molar-refractivity contribution in [3.63, 3.8) is 0 Å². The Morgan fingerprint density at radius 2 is 1.77 bits per heavy atom. The van der Waals surface area contributed by atoms with E-state index in [1.165, 1.54) is 4.68 Å². The minimum absolute atomic E-state index is 0.00922. The van der Waals surface area contributed by atoms with Crippen LogP contribution in [0, 0.1) is 11.3 Å². The van der Waals surface area contributed by atoms with Crippen LogP contribution >= 0.6 is 62.3 Å². The van der Waals surface area contributed by atoms with Crippen molar-refractivity contribution in [1.29, 1.82) is 5.26 Å². The molecule has 1 fully saturated rings. The van der Waals surface area contributed by atoms with Gasteiger partial charge in [-0.25, -0.2) is 4.68 Å². The summed E-state index contributed by atoms with van der Waals surface area (Å²) in [5.74, 6) is 0. The van der Waals surface area contributed by atoms with Crippen molar-refractivity contribution in [2.24, 2.45) is 0 Å². The molecule has 0 radical (unpaired) electrons. The summed E-state index contributed by atoms with van der Waals surface area (Å²) in [6.07, 6.45) is -4.23. The van der Waals surface area contributed by atoms with Gasteiger partial charge in [-0.15, -0.1) is 23.2 Å². The Labute approximate surface area is 174 Å². The molecule has 1 aliphatic carbocycles. The van der Waals surface area contributed by atoms with Gasteiger partial charge < -0.3 is 0 Å². The van der Waals surface area contributed by atoms with E-state index in [9.17, 15) is 18.4 Å². The normalized spacial score (nSPS) is 21.5. The summed E-state index contributed by atoms with van der Waals surface area (Å²) in [4.78, 5) is 0. The van der Waals surface area contributed by atoms with Crippen molar-refractivity contribution < 1.29 is 13.2 Å². The van der Waals surface area contributed by atoms with Gasteiger partial charge in [-0.1, -0.05) is 30.1 Å². The van der Waals surface area contributed by atoms with Gasteiger partial charge in [-0.05, 0) is 34.5 Å². The Balaban J connectivity index is 2.21. The second-order valence-electron chi connectivity index (χ2n) is 6.04. The summed E-state index contributed by atoms with van der Waals surface area (Å²) in [5, 5.41) is 13.3. The van der Waals surface area contributed by atoms with Crippen molar-refractivity contribution >= 4 is 62.3 Å². The molecule has 2 aromatic rings. The van der Waals surface area contributed by atoms with Crippen LogP contribution in [0.1, 0.15) is 30.2 Å². The summed E-state index contributed by atoms with van der Waals surface area (Å²) in [6.45, 7) is 1.74. The van der Waals surface area contributed by atoms with Crippen LogP contribution in [0.4, 0.5) is 13.2 Å². The lowest BCUT2D eigenvalue weighted by Crippen LogP contribution is -2.13. The quantitative estimate of drug-likeness (QED) is 0.426. The molecule has 138 valence electrons. The summed E-state index contributed by atoms with van der Waals surface area (Å²) in [7, 11) is 0. The number of halogens is 8. The Kier molecular flexibility index (Phi) is 4.78. The summed E-state index contributed by atoms with van der Waals surface area (Å²) >= 11 is 27.6. The van der Waals surface area contributed by atoms with Gasteiger partial charge in [-0.2, -0.15) is 23.5 Å². The summed E-state index contributed by atoms with van der Waals surface area (Å²) < 4.78 is 39.0. The summed E-state index contributed by atoms with van der Waals surface area (Å²) in [5.41, 5.74) is -1.30. The van der Waals surface area contributed by atoms with E-state index >= 15 is 0 Å². The second kappa shape index (κ2) is 6.18. The van der Waals surface area contributed by atoms with E-state index in [1.54, 1.807) is 6.92 Å². The Morgan fingerprint density at radius 1 is 1.27 bits per heavy atom. The minimum Gasteiger partial charge on any atom is -0.222 e. The van der Waals surface area contributed by atoms with Gasteiger partial charge in [0.15, 0.2) is 0 Å².